The minimum absolute atomic E-state index is 0.0174. The molecule has 1 aliphatic heterocycles. The van der Waals surface area contributed by atoms with Crippen LogP contribution in [0.15, 0.2) is 24.3 Å². The number of rotatable bonds is 3. The van der Waals surface area contributed by atoms with Crippen LogP contribution in [0, 0.1) is 0 Å². The second-order valence-electron chi connectivity index (χ2n) is 4.04. The van der Waals surface area contributed by atoms with Crippen molar-refractivity contribution < 1.29 is 9.53 Å². The number of hydrogen-bond donors (Lipinski definition) is 2. The summed E-state index contributed by atoms with van der Waals surface area (Å²) in [6.45, 7) is 2.63. The summed E-state index contributed by atoms with van der Waals surface area (Å²) < 4.78 is 5.57. The van der Waals surface area contributed by atoms with E-state index >= 15 is 0 Å². The summed E-state index contributed by atoms with van der Waals surface area (Å²) in [4.78, 5) is 11.3. The van der Waals surface area contributed by atoms with Crippen molar-refractivity contribution in [1.29, 1.82) is 0 Å². The molecule has 2 rings (SSSR count). The molecule has 0 aliphatic carbocycles. The largest absolute Gasteiger partial charge is 0.481 e. The summed E-state index contributed by atoms with van der Waals surface area (Å²) in [7, 11) is 0. The van der Waals surface area contributed by atoms with Gasteiger partial charge in [0.2, 0.25) is 0 Å². The van der Waals surface area contributed by atoms with Gasteiger partial charge in [-0.15, -0.1) is 0 Å². The molecule has 3 N–H and O–H groups in total. The molecule has 1 aromatic rings. The first-order chi connectivity index (χ1) is 7.66. The van der Waals surface area contributed by atoms with Gasteiger partial charge in [-0.2, -0.15) is 0 Å². The lowest BCUT2D eigenvalue weighted by atomic mass is 10.1. The molecule has 0 aromatic heterocycles. The Hall–Kier alpha value is -1.55. The van der Waals surface area contributed by atoms with Crippen LogP contribution in [-0.2, 0) is 4.79 Å². The third kappa shape index (κ3) is 2.33. The lowest BCUT2D eigenvalue weighted by Gasteiger charge is -2.12. The molecular weight excluding hydrogens is 204 g/mol. The first-order valence-electron chi connectivity index (χ1n) is 5.47. The van der Waals surface area contributed by atoms with Gasteiger partial charge in [-0.05, 0) is 24.6 Å². The molecule has 1 aromatic carbocycles. The van der Waals surface area contributed by atoms with Crippen LogP contribution in [0.2, 0.25) is 0 Å². The van der Waals surface area contributed by atoms with Gasteiger partial charge in [0.15, 0.2) is 6.10 Å². The molecule has 1 heterocycles. The number of amides is 1. The van der Waals surface area contributed by atoms with Crippen LogP contribution >= 0.6 is 0 Å². The second-order valence-corrected chi connectivity index (χ2v) is 4.04. The quantitative estimate of drug-likeness (QED) is 0.798. The highest BCUT2D eigenvalue weighted by Crippen LogP contribution is 2.18. The number of benzene rings is 1. The number of carbonyl (C=O) groups is 1. The molecule has 2 unspecified atom stereocenters. The Balaban J connectivity index is 2.02. The average molecular weight is 220 g/mol. The van der Waals surface area contributed by atoms with Crippen molar-refractivity contribution in [3.8, 4) is 5.75 Å². The molecule has 4 nitrogen and oxygen atoms in total. The molecule has 1 aliphatic rings. The Bertz CT molecular complexity index is 373. The van der Waals surface area contributed by atoms with Crippen LogP contribution in [0.4, 0.5) is 0 Å². The van der Waals surface area contributed by atoms with E-state index in [-0.39, 0.29) is 18.1 Å². The van der Waals surface area contributed by atoms with Crippen LogP contribution < -0.4 is 15.8 Å². The molecular formula is C12H16N2O2. The van der Waals surface area contributed by atoms with Gasteiger partial charge >= 0.3 is 0 Å². The highest BCUT2D eigenvalue weighted by Gasteiger charge is 2.25. The van der Waals surface area contributed by atoms with Crippen LogP contribution in [0.5, 0.6) is 5.75 Å². The zero-order valence-electron chi connectivity index (χ0n) is 9.27. The van der Waals surface area contributed by atoms with E-state index in [1.165, 1.54) is 0 Å². The lowest BCUT2D eigenvalue weighted by molar-refractivity contribution is -0.124. The van der Waals surface area contributed by atoms with Crippen LogP contribution in [0.1, 0.15) is 24.9 Å². The second kappa shape index (κ2) is 4.53. The fourth-order valence-electron chi connectivity index (χ4n) is 1.70. The van der Waals surface area contributed by atoms with Crippen molar-refractivity contribution in [2.24, 2.45) is 5.73 Å². The number of carbonyl (C=O) groups excluding carboxylic acids is 1. The molecule has 0 saturated carbocycles. The monoisotopic (exact) mass is 220 g/mol. The number of nitrogens with two attached hydrogens (primary N) is 1. The zero-order valence-corrected chi connectivity index (χ0v) is 9.27. The first-order valence-corrected chi connectivity index (χ1v) is 5.47. The average Bonchev–Trinajstić information content (AvgIpc) is 2.65. The standard InChI is InChI=1S/C12H16N2O2/c1-8(13)9-2-4-10(5-3-9)16-11-6-7-14-12(11)15/h2-5,8,11H,6-7,13H2,1H3,(H,14,15). The van der Waals surface area contributed by atoms with Gasteiger partial charge in [-0.1, -0.05) is 12.1 Å². The lowest BCUT2D eigenvalue weighted by Crippen LogP contribution is -2.27. The van der Waals surface area contributed by atoms with Crippen LogP contribution in [0.25, 0.3) is 0 Å². The van der Waals surface area contributed by atoms with Crippen molar-refractivity contribution in [3.63, 3.8) is 0 Å². The van der Waals surface area contributed by atoms with E-state index in [1.807, 2.05) is 31.2 Å². The SMILES string of the molecule is CC(N)c1ccc(OC2CCNC2=O)cc1. The molecule has 16 heavy (non-hydrogen) atoms. The molecule has 86 valence electrons. The zero-order chi connectivity index (χ0) is 11.5. The Morgan fingerprint density at radius 2 is 2.12 bits per heavy atom. The van der Waals surface area contributed by atoms with E-state index in [2.05, 4.69) is 5.32 Å². The molecule has 0 spiro atoms. The normalized spacial score (nSPS) is 21.6. The van der Waals surface area contributed by atoms with Gasteiger partial charge in [-0.3, -0.25) is 4.79 Å². The maximum Gasteiger partial charge on any atom is 0.261 e. The number of nitrogens with one attached hydrogen (secondary N) is 1. The maximum atomic E-state index is 11.3. The molecule has 1 fully saturated rings. The van der Waals surface area contributed by atoms with E-state index in [0.29, 0.717) is 12.3 Å². The van der Waals surface area contributed by atoms with E-state index in [1.54, 1.807) is 0 Å². The summed E-state index contributed by atoms with van der Waals surface area (Å²) in [6, 6.07) is 7.57. The maximum absolute atomic E-state index is 11.3. The van der Waals surface area contributed by atoms with Gasteiger partial charge in [0, 0.05) is 19.0 Å². The fraction of sp³-hybridized carbons (Fsp3) is 0.417. The minimum atomic E-state index is -0.346. The van der Waals surface area contributed by atoms with Crippen LogP contribution in [0.3, 0.4) is 0 Å². The van der Waals surface area contributed by atoms with Crippen molar-refractivity contribution >= 4 is 5.91 Å². The predicted octanol–water partition coefficient (Wildman–Crippen LogP) is 0.974. The van der Waals surface area contributed by atoms with Gasteiger partial charge in [0.25, 0.3) is 5.91 Å². The summed E-state index contributed by atoms with van der Waals surface area (Å²) in [5, 5.41) is 2.74. The predicted molar refractivity (Wildman–Crippen MR) is 61.1 cm³/mol. The van der Waals surface area contributed by atoms with Crippen molar-refractivity contribution in [1.82, 2.24) is 5.32 Å². The van der Waals surface area contributed by atoms with Crippen LogP contribution in [-0.4, -0.2) is 18.6 Å². The van der Waals surface area contributed by atoms with E-state index in [0.717, 1.165) is 12.0 Å². The smallest absolute Gasteiger partial charge is 0.261 e. The molecule has 4 heteroatoms. The summed E-state index contributed by atoms with van der Waals surface area (Å²) in [5.74, 6) is 0.683. The topological polar surface area (TPSA) is 64.3 Å². The third-order valence-corrected chi connectivity index (χ3v) is 2.68. The summed E-state index contributed by atoms with van der Waals surface area (Å²) in [6.07, 6.45) is 0.384. The Morgan fingerprint density at radius 1 is 1.44 bits per heavy atom. The van der Waals surface area contributed by atoms with E-state index in [9.17, 15) is 4.79 Å². The third-order valence-electron chi connectivity index (χ3n) is 2.68. The molecule has 1 amide bonds. The van der Waals surface area contributed by atoms with Gasteiger partial charge in [0.05, 0.1) is 0 Å². The van der Waals surface area contributed by atoms with Crippen molar-refractivity contribution in [2.75, 3.05) is 6.54 Å². The van der Waals surface area contributed by atoms with E-state index in [4.69, 9.17) is 10.5 Å². The van der Waals surface area contributed by atoms with Crippen molar-refractivity contribution in [3.05, 3.63) is 29.8 Å². The molecule has 2 atom stereocenters. The number of hydrogen-bond acceptors (Lipinski definition) is 3. The minimum Gasteiger partial charge on any atom is -0.481 e. The number of ether oxygens (including phenoxy) is 1. The fourth-order valence-corrected chi connectivity index (χ4v) is 1.70. The summed E-state index contributed by atoms with van der Waals surface area (Å²) in [5.41, 5.74) is 6.80. The van der Waals surface area contributed by atoms with Crippen molar-refractivity contribution in [2.45, 2.75) is 25.5 Å². The molecule has 0 bridgehead atoms. The summed E-state index contributed by atoms with van der Waals surface area (Å²) >= 11 is 0. The van der Waals surface area contributed by atoms with E-state index < -0.39 is 0 Å². The highest BCUT2D eigenvalue weighted by molar-refractivity contribution is 5.83. The molecule has 1 saturated heterocycles. The molecule has 0 radical (unpaired) electrons. The van der Waals surface area contributed by atoms with Gasteiger partial charge in [-0.25, -0.2) is 0 Å². The first kappa shape index (κ1) is 11.0. The Morgan fingerprint density at radius 3 is 2.62 bits per heavy atom. The van der Waals surface area contributed by atoms with Gasteiger partial charge in [0.1, 0.15) is 5.75 Å². The Labute approximate surface area is 94.8 Å². The Kier molecular flexibility index (Phi) is 3.10. The van der Waals surface area contributed by atoms with Gasteiger partial charge < -0.3 is 15.8 Å². The highest BCUT2D eigenvalue weighted by atomic mass is 16.5.